The van der Waals surface area contributed by atoms with Crippen LogP contribution in [0.4, 0.5) is 5.69 Å². The number of nitrogens with zero attached hydrogens (tertiary/aromatic N) is 4. The summed E-state index contributed by atoms with van der Waals surface area (Å²) in [6, 6.07) is 9.22. The predicted octanol–water partition coefficient (Wildman–Crippen LogP) is 1.40. The molecule has 25 heavy (non-hydrogen) atoms. The summed E-state index contributed by atoms with van der Waals surface area (Å²) in [6.45, 7) is 3.47. The van der Waals surface area contributed by atoms with Crippen LogP contribution in [0.25, 0.3) is 0 Å². The van der Waals surface area contributed by atoms with Crippen LogP contribution in [-0.4, -0.2) is 53.2 Å². The number of hydrogen-bond donors (Lipinski definition) is 0. The van der Waals surface area contributed by atoms with E-state index in [1.807, 2.05) is 43.5 Å². The zero-order valence-corrected chi connectivity index (χ0v) is 14.5. The quantitative estimate of drug-likeness (QED) is 0.824. The molecule has 0 bridgehead atoms. The number of benzene rings is 1. The molecule has 1 saturated heterocycles. The van der Waals surface area contributed by atoms with E-state index in [1.165, 1.54) is 0 Å². The number of rotatable bonds is 5. The van der Waals surface area contributed by atoms with Crippen LogP contribution in [0.1, 0.15) is 6.92 Å². The minimum Gasteiger partial charge on any atom is -0.497 e. The van der Waals surface area contributed by atoms with Gasteiger partial charge < -0.3 is 14.5 Å². The second-order valence-electron chi connectivity index (χ2n) is 6.14. The smallest absolute Gasteiger partial charge is 0.246 e. The molecule has 1 atom stereocenters. The van der Waals surface area contributed by atoms with Crippen molar-refractivity contribution in [2.24, 2.45) is 5.92 Å². The summed E-state index contributed by atoms with van der Waals surface area (Å²) < 4.78 is 6.94. The Morgan fingerprint density at radius 1 is 1.32 bits per heavy atom. The number of piperazine rings is 1. The van der Waals surface area contributed by atoms with E-state index in [4.69, 9.17) is 4.74 Å². The number of ether oxygens (including phenoxy) is 1. The molecular formula is C18H22N4O3. The van der Waals surface area contributed by atoms with Crippen LogP contribution >= 0.6 is 0 Å². The molecule has 0 radical (unpaired) electrons. The Kier molecular flexibility index (Phi) is 5.02. The van der Waals surface area contributed by atoms with Gasteiger partial charge in [0.1, 0.15) is 12.3 Å². The van der Waals surface area contributed by atoms with Crippen LogP contribution in [-0.2, 0) is 16.1 Å². The number of carbonyl (C=O) groups is 2. The summed E-state index contributed by atoms with van der Waals surface area (Å²) in [5, 5.41) is 4.13. The van der Waals surface area contributed by atoms with Crippen LogP contribution in [0.3, 0.4) is 0 Å². The first kappa shape index (κ1) is 17.0. The molecule has 1 aliphatic heterocycles. The SMILES string of the molecule is COc1cccc(N2CCN(C(=O)C(C)Cn3cccn3)CC2=O)c1. The monoisotopic (exact) mass is 342 g/mol. The second-order valence-corrected chi connectivity index (χ2v) is 6.14. The topological polar surface area (TPSA) is 67.7 Å². The largest absolute Gasteiger partial charge is 0.497 e. The van der Waals surface area contributed by atoms with Crippen molar-refractivity contribution >= 4 is 17.5 Å². The van der Waals surface area contributed by atoms with Gasteiger partial charge in [-0.1, -0.05) is 13.0 Å². The molecule has 1 fully saturated rings. The Morgan fingerprint density at radius 3 is 2.84 bits per heavy atom. The molecule has 0 aliphatic carbocycles. The molecule has 2 amide bonds. The molecule has 1 aliphatic rings. The fourth-order valence-electron chi connectivity index (χ4n) is 2.99. The van der Waals surface area contributed by atoms with Gasteiger partial charge >= 0.3 is 0 Å². The normalized spacial score (nSPS) is 16.0. The van der Waals surface area contributed by atoms with Gasteiger partial charge in [-0.3, -0.25) is 14.3 Å². The fraction of sp³-hybridized carbons (Fsp3) is 0.389. The average molecular weight is 342 g/mol. The van der Waals surface area contributed by atoms with E-state index in [0.29, 0.717) is 25.4 Å². The first-order valence-electron chi connectivity index (χ1n) is 8.29. The van der Waals surface area contributed by atoms with Crippen LogP contribution in [0.15, 0.2) is 42.7 Å². The van der Waals surface area contributed by atoms with Gasteiger partial charge in [-0.25, -0.2) is 0 Å². The Morgan fingerprint density at radius 2 is 2.16 bits per heavy atom. The van der Waals surface area contributed by atoms with E-state index in [9.17, 15) is 9.59 Å². The van der Waals surface area contributed by atoms with Crippen molar-refractivity contribution in [3.05, 3.63) is 42.7 Å². The highest BCUT2D eigenvalue weighted by molar-refractivity contribution is 5.98. The highest BCUT2D eigenvalue weighted by Crippen LogP contribution is 2.23. The third-order valence-corrected chi connectivity index (χ3v) is 4.34. The van der Waals surface area contributed by atoms with Gasteiger partial charge in [0.2, 0.25) is 11.8 Å². The molecule has 1 unspecified atom stereocenters. The Bertz CT molecular complexity index is 745. The van der Waals surface area contributed by atoms with Crippen LogP contribution in [0.2, 0.25) is 0 Å². The van der Waals surface area contributed by atoms with Gasteiger partial charge in [0.25, 0.3) is 0 Å². The Labute approximate surface area is 146 Å². The lowest BCUT2D eigenvalue weighted by atomic mass is 10.1. The molecular weight excluding hydrogens is 320 g/mol. The number of anilines is 1. The van der Waals surface area contributed by atoms with Gasteiger partial charge in [-0.15, -0.1) is 0 Å². The Hall–Kier alpha value is -2.83. The summed E-state index contributed by atoms with van der Waals surface area (Å²) in [7, 11) is 1.60. The van der Waals surface area contributed by atoms with Crippen molar-refractivity contribution in [3.63, 3.8) is 0 Å². The zero-order chi connectivity index (χ0) is 17.8. The molecule has 2 aromatic rings. The molecule has 132 valence electrons. The maximum Gasteiger partial charge on any atom is 0.246 e. The van der Waals surface area contributed by atoms with E-state index in [2.05, 4.69) is 5.10 Å². The zero-order valence-electron chi connectivity index (χ0n) is 14.5. The first-order valence-corrected chi connectivity index (χ1v) is 8.29. The lowest BCUT2D eigenvalue weighted by Gasteiger charge is -2.35. The summed E-state index contributed by atoms with van der Waals surface area (Å²) in [4.78, 5) is 28.5. The standard InChI is InChI=1S/C18H22N4O3/c1-14(12-21-8-4-7-19-21)18(24)20-9-10-22(17(23)13-20)15-5-3-6-16(11-15)25-2/h3-8,11,14H,9-10,12-13H2,1-2H3. The van der Waals surface area contributed by atoms with Gasteiger partial charge in [0.05, 0.1) is 19.6 Å². The maximum absolute atomic E-state index is 12.6. The van der Waals surface area contributed by atoms with Crippen LogP contribution < -0.4 is 9.64 Å². The first-order chi connectivity index (χ1) is 12.1. The van der Waals surface area contributed by atoms with E-state index >= 15 is 0 Å². The van der Waals surface area contributed by atoms with Crippen LogP contribution in [0, 0.1) is 5.92 Å². The lowest BCUT2D eigenvalue weighted by molar-refractivity contribution is -0.140. The van der Waals surface area contributed by atoms with Crippen molar-refractivity contribution < 1.29 is 14.3 Å². The van der Waals surface area contributed by atoms with Gasteiger partial charge in [-0.05, 0) is 18.2 Å². The molecule has 1 aromatic heterocycles. The number of amides is 2. The maximum atomic E-state index is 12.6. The van der Waals surface area contributed by atoms with Gasteiger partial charge in [0.15, 0.2) is 0 Å². The third kappa shape index (κ3) is 3.81. The van der Waals surface area contributed by atoms with E-state index in [1.54, 1.807) is 27.8 Å². The van der Waals surface area contributed by atoms with Crippen molar-refractivity contribution in [1.82, 2.24) is 14.7 Å². The van der Waals surface area contributed by atoms with E-state index < -0.39 is 0 Å². The summed E-state index contributed by atoms with van der Waals surface area (Å²) in [5.74, 6) is 0.376. The molecule has 2 heterocycles. The van der Waals surface area contributed by atoms with Crippen LogP contribution in [0.5, 0.6) is 5.75 Å². The molecule has 7 nitrogen and oxygen atoms in total. The molecule has 0 N–H and O–H groups in total. The highest BCUT2D eigenvalue weighted by Gasteiger charge is 2.30. The summed E-state index contributed by atoms with van der Waals surface area (Å²) in [6.07, 6.45) is 3.52. The molecule has 1 aromatic carbocycles. The van der Waals surface area contributed by atoms with Gasteiger partial charge in [0, 0.05) is 37.2 Å². The molecule has 7 heteroatoms. The number of carbonyl (C=O) groups excluding carboxylic acids is 2. The molecule has 0 saturated carbocycles. The van der Waals surface area contributed by atoms with Crippen molar-refractivity contribution in [1.29, 1.82) is 0 Å². The summed E-state index contributed by atoms with van der Waals surface area (Å²) >= 11 is 0. The number of hydrogen-bond acceptors (Lipinski definition) is 4. The summed E-state index contributed by atoms with van der Waals surface area (Å²) in [5.41, 5.74) is 0.793. The van der Waals surface area contributed by atoms with E-state index in [-0.39, 0.29) is 24.3 Å². The predicted molar refractivity (Wildman–Crippen MR) is 93.3 cm³/mol. The third-order valence-electron chi connectivity index (χ3n) is 4.34. The van der Waals surface area contributed by atoms with Crippen molar-refractivity contribution in [3.8, 4) is 5.75 Å². The molecule has 3 rings (SSSR count). The van der Waals surface area contributed by atoms with Crippen molar-refractivity contribution in [2.75, 3.05) is 31.6 Å². The minimum absolute atomic E-state index is 0.0193. The second kappa shape index (κ2) is 7.38. The highest BCUT2D eigenvalue weighted by atomic mass is 16.5. The van der Waals surface area contributed by atoms with Gasteiger partial charge in [-0.2, -0.15) is 5.10 Å². The fourth-order valence-corrected chi connectivity index (χ4v) is 2.99. The average Bonchev–Trinajstić information content (AvgIpc) is 3.14. The van der Waals surface area contributed by atoms with Crippen molar-refractivity contribution in [2.45, 2.75) is 13.5 Å². The van der Waals surface area contributed by atoms with E-state index in [0.717, 1.165) is 5.69 Å². The number of methoxy groups -OCH3 is 1. The number of aromatic nitrogens is 2. The molecule has 0 spiro atoms. The Balaban J connectivity index is 1.62. The minimum atomic E-state index is -0.226. The lowest BCUT2D eigenvalue weighted by Crippen LogP contribution is -2.53.